The summed E-state index contributed by atoms with van der Waals surface area (Å²) in [6.45, 7) is 4.78. The molecule has 1 fully saturated rings. The zero-order valence-electron chi connectivity index (χ0n) is 11.0. The fraction of sp³-hybridized carbons (Fsp3) is 0.400. The molecule has 1 atom stereocenters. The SMILES string of the molecule is Cc1cc(CN2CCC(c3ccc(F)cc3)C2)no1. The van der Waals surface area contributed by atoms with E-state index in [0.29, 0.717) is 5.92 Å². The number of halogens is 1. The summed E-state index contributed by atoms with van der Waals surface area (Å²) in [4.78, 5) is 2.37. The highest BCUT2D eigenvalue weighted by atomic mass is 19.1. The van der Waals surface area contributed by atoms with E-state index >= 15 is 0 Å². The minimum Gasteiger partial charge on any atom is -0.361 e. The van der Waals surface area contributed by atoms with Gasteiger partial charge in [0, 0.05) is 19.2 Å². The molecule has 1 aliphatic heterocycles. The lowest BCUT2D eigenvalue weighted by atomic mass is 9.99. The van der Waals surface area contributed by atoms with E-state index in [0.717, 1.165) is 37.5 Å². The van der Waals surface area contributed by atoms with Crippen LogP contribution in [0.4, 0.5) is 4.39 Å². The highest BCUT2D eigenvalue weighted by Gasteiger charge is 2.24. The van der Waals surface area contributed by atoms with Gasteiger partial charge in [0.05, 0.1) is 5.69 Å². The van der Waals surface area contributed by atoms with Crippen LogP contribution < -0.4 is 0 Å². The molecule has 100 valence electrons. The number of hydrogen-bond acceptors (Lipinski definition) is 3. The van der Waals surface area contributed by atoms with Crippen LogP contribution in [-0.4, -0.2) is 23.1 Å². The van der Waals surface area contributed by atoms with E-state index in [1.165, 1.54) is 5.56 Å². The molecule has 0 N–H and O–H groups in total. The van der Waals surface area contributed by atoms with Gasteiger partial charge in [0.2, 0.25) is 0 Å². The van der Waals surface area contributed by atoms with Crippen molar-refractivity contribution in [1.29, 1.82) is 0 Å². The molecule has 19 heavy (non-hydrogen) atoms. The summed E-state index contributed by atoms with van der Waals surface area (Å²) in [5.41, 5.74) is 2.21. The van der Waals surface area contributed by atoms with Crippen molar-refractivity contribution in [3.05, 3.63) is 53.2 Å². The maximum Gasteiger partial charge on any atom is 0.133 e. The number of hydrogen-bond donors (Lipinski definition) is 0. The van der Waals surface area contributed by atoms with Gasteiger partial charge in [-0.15, -0.1) is 0 Å². The zero-order valence-corrected chi connectivity index (χ0v) is 11.0. The predicted molar refractivity (Wildman–Crippen MR) is 70.3 cm³/mol. The molecule has 0 amide bonds. The van der Waals surface area contributed by atoms with Crippen LogP contribution in [0.3, 0.4) is 0 Å². The van der Waals surface area contributed by atoms with Gasteiger partial charge in [0.15, 0.2) is 0 Å². The topological polar surface area (TPSA) is 29.3 Å². The second kappa shape index (κ2) is 5.13. The largest absolute Gasteiger partial charge is 0.361 e. The Labute approximate surface area is 112 Å². The molecule has 0 spiro atoms. The van der Waals surface area contributed by atoms with Crippen molar-refractivity contribution < 1.29 is 8.91 Å². The summed E-state index contributed by atoms with van der Waals surface area (Å²) in [6.07, 6.45) is 1.11. The number of benzene rings is 1. The van der Waals surface area contributed by atoms with Crippen LogP contribution in [0.15, 0.2) is 34.9 Å². The summed E-state index contributed by atoms with van der Waals surface area (Å²) in [6, 6.07) is 8.84. The monoisotopic (exact) mass is 260 g/mol. The van der Waals surface area contributed by atoms with E-state index < -0.39 is 0 Å². The van der Waals surface area contributed by atoms with Crippen molar-refractivity contribution in [2.24, 2.45) is 0 Å². The van der Waals surface area contributed by atoms with E-state index in [1.807, 2.05) is 25.1 Å². The highest BCUT2D eigenvalue weighted by Crippen LogP contribution is 2.28. The van der Waals surface area contributed by atoms with Crippen molar-refractivity contribution in [3.63, 3.8) is 0 Å². The van der Waals surface area contributed by atoms with Crippen LogP contribution in [0, 0.1) is 12.7 Å². The molecule has 2 aromatic rings. The summed E-state index contributed by atoms with van der Waals surface area (Å²) in [7, 11) is 0. The van der Waals surface area contributed by atoms with Crippen LogP contribution in [0.5, 0.6) is 0 Å². The Morgan fingerprint density at radius 1 is 1.37 bits per heavy atom. The van der Waals surface area contributed by atoms with E-state index in [-0.39, 0.29) is 5.82 Å². The molecule has 1 aliphatic rings. The van der Waals surface area contributed by atoms with Gasteiger partial charge < -0.3 is 4.52 Å². The normalized spacial score (nSPS) is 20.0. The van der Waals surface area contributed by atoms with Gasteiger partial charge in [-0.05, 0) is 43.5 Å². The standard InChI is InChI=1S/C15H17FN2O/c1-11-8-15(17-19-11)10-18-7-6-13(9-18)12-2-4-14(16)5-3-12/h2-5,8,13H,6-7,9-10H2,1H3. The Bertz CT molecular complexity index is 550. The molecule has 1 unspecified atom stereocenters. The Kier molecular flexibility index (Phi) is 3.34. The van der Waals surface area contributed by atoms with Crippen LogP contribution in [0.1, 0.15) is 29.4 Å². The van der Waals surface area contributed by atoms with Crippen molar-refractivity contribution in [2.45, 2.75) is 25.8 Å². The predicted octanol–water partition coefficient (Wildman–Crippen LogP) is 3.11. The summed E-state index contributed by atoms with van der Waals surface area (Å²) in [5.74, 6) is 1.18. The molecule has 3 rings (SSSR count). The van der Waals surface area contributed by atoms with Crippen LogP contribution in [0.25, 0.3) is 0 Å². The number of likely N-dealkylation sites (tertiary alicyclic amines) is 1. The number of aromatic nitrogens is 1. The molecule has 2 heterocycles. The third-order valence-electron chi connectivity index (χ3n) is 3.68. The maximum atomic E-state index is 12.9. The first-order valence-electron chi connectivity index (χ1n) is 6.61. The van der Waals surface area contributed by atoms with Gasteiger partial charge in [0.1, 0.15) is 11.6 Å². The van der Waals surface area contributed by atoms with Gasteiger partial charge in [0.25, 0.3) is 0 Å². The minimum absolute atomic E-state index is 0.170. The van der Waals surface area contributed by atoms with Crippen molar-refractivity contribution >= 4 is 0 Å². The molecule has 0 aliphatic carbocycles. The van der Waals surface area contributed by atoms with Gasteiger partial charge in [-0.1, -0.05) is 17.3 Å². The minimum atomic E-state index is -0.170. The lowest BCUT2D eigenvalue weighted by Gasteiger charge is -2.14. The van der Waals surface area contributed by atoms with E-state index in [9.17, 15) is 4.39 Å². The first-order chi connectivity index (χ1) is 9.20. The van der Waals surface area contributed by atoms with Gasteiger partial charge in [-0.25, -0.2) is 4.39 Å². The Morgan fingerprint density at radius 2 is 2.16 bits per heavy atom. The molecule has 1 aromatic heterocycles. The van der Waals surface area contributed by atoms with Crippen molar-refractivity contribution in [3.8, 4) is 0 Å². The Hall–Kier alpha value is -1.68. The number of aryl methyl sites for hydroxylation is 1. The van der Waals surface area contributed by atoms with Crippen LogP contribution in [0.2, 0.25) is 0 Å². The quantitative estimate of drug-likeness (QED) is 0.849. The smallest absolute Gasteiger partial charge is 0.133 e. The fourth-order valence-electron chi connectivity index (χ4n) is 2.70. The maximum absolute atomic E-state index is 12.9. The molecular weight excluding hydrogens is 243 g/mol. The first-order valence-corrected chi connectivity index (χ1v) is 6.61. The van der Waals surface area contributed by atoms with Gasteiger partial charge >= 0.3 is 0 Å². The summed E-state index contributed by atoms with van der Waals surface area (Å²) < 4.78 is 18.0. The van der Waals surface area contributed by atoms with Crippen LogP contribution in [-0.2, 0) is 6.54 Å². The van der Waals surface area contributed by atoms with Crippen LogP contribution >= 0.6 is 0 Å². The molecule has 1 aromatic carbocycles. The molecule has 0 saturated carbocycles. The molecule has 3 nitrogen and oxygen atoms in total. The lowest BCUT2D eigenvalue weighted by Crippen LogP contribution is -2.19. The van der Waals surface area contributed by atoms with Gasteiger partial charge in [-0.3, -0.25) is 4.90 Å². The molecular formula is C15H17FN2O. The highest BCUT2D eigenvalue weighted by molar-refractivity contribution is 5.22. The second-order valence-corrected chi connectivity index (χ2v) is 5.20. The molecule has 0 radical (unpaired) electrons. The third-order valence-corrected chi connectivity index (χ3v) is 3.68. The summed E-state index contributed by atoms with van der Waals surface area (Å²) >= 11 is 0. The molecule has 1 saturated heterocycles. The molecule has 0 bridgehead atoms. The number of rotatable bonds is 3. The third kappa shape index (κ3) is 2.84. The first kappa shape index (κ1) is 12.4. The molecule has 4 heteroatoms. The Balaban J connectivity index is 1.62. The van der Waals surface area contributed by atoms with E-state index in [1.54, 1.807) is 12.1 Å². The van der Waals surface area contributed by atoms with E-state index in [2.05, 4.69) is 10.1 Å². The van der Waals surface area contributed by atoms with Gasteiger partial charge in [-0.2, -0.15) is 0 Å². The summed E-state index contributed by atoms with van der Waals surface area (Å²) in [5, 5.41) is 4.02. The van der Waals surface area contributed by atoms with E-state index in [4.69, 9.17) is 4.52 Å². The second-order valence-electron chi connectivity index (χ2n) is 5.20. The van der Waals surface area contributed by atoms with Crippen molar-refractivity contribution in [1.82, 2.24) is 10.1 Å². The average molecular weight is 260 g/mol. The van der Waals surface area contributed by atoms with Crippen molar-refractivity contribution in [2.75, 3.05) is 13.1 Å². The number of nitrogens with zero attached hydrogens (tertiary/aromatic N) is 2. The fourth-order valence-corrected chi connectivity index (χ4v) is 2.70. The lowest BCUT2D eigenvalue weighted by molar-refractivity contribution is 0.308. The zero-order chi connectivity index (χ0) is 13.2. The average Bonchev–Trinajstić information content (AvgIpc) is 3.00. The Morgan fingerprint density at radius 3 is 2.84 bits per heavy atom.